The summed E-state index contributed by atoms with van der Waals surface area (Å²) in [6.45, 7) is 1.33. The number of rotatable bonds is 5. The maximum absolute atomic E-state index is 12.2. The molecule has 0 aromatic heterocycles. The molecule has 22 heavy (non-hydrogen) atoms. The molecule has 2 rings (SSSR count). The standard InChI is InChI=1S/C16H21NO5/c1-21-12-6-7-13(16(19)20)14(10-12)22-11-15(18)17-8-4-2-3-5-9-17/h6-7,10H,2-5,8-9,11H2,1H3,(H,19,20). The van der Waals surface area contributed by atoms with Crippen LogP contribution in [0.4, 0.5) is 0 Å². The highest BCUT2D eigenvalue weighted by molar-refractivity contribution is 5.91. The summed E-state index contributed by atoms with van der Waals surface area (Å²) < 4.78 is 10.5. The number of carboxylic acids is 1. The van der Waals surface area contributed by atoms with E-state index in [9.17, 15) is 9.59 Å². The van der Waals surface area contributed by atoms with Crippen LogP contribution < -0.4 is 9.47 Å². The summed E-state index contributed by atoms with van der Waals surface area (Å²) in [4.78, 5) is 25.2. The third-order valence-corrected chi connectivity index (χ3v) is 3.73. The van der Waals surface area contributed by atoms with Crippen molar-refractivity contribution in [3.63, 3.8) is 0 Å². The largest absolute Gasteiger partial charge is 0.497 e. The summed E-state index contributed by atoms with van der Waals surface area (Å²) in [5.41, 5.74) is 0.0180. The molecule has 6 nitrogen and oxygen atoms in total. The van der Waals surface area contributed by atoms with Crippen LogP contribution in [0.1, 0.15) is 36.0 Å². The molecule has 1 saturated heterocycles. The lowest BCUT2D eigenvalue weighted by atomic mass is 10.2. The molecule has 1 amide bonds. The first kappa shape index (κ1) is 16.1. The Morgan fingerprint density at radius 3 is 2.45 bits per heavy atom. The number of amides is 1. The predicted molar refractivity (Wildman–Crippen MR) is 80.5 cm³/mol. The third-order valence-electron chi connectivity index (χ3n) is 3.73. The van der Waals surface area contributed by atoms with E-state index in [1.165, 1.54) is 19.2 Å². The van der Waals surface area contributed by atoms with Gasteiger partial charge in [0.15, 0.2) is 6.61 Å². The van der Waals surface area contributed by atoms with Crippen LogP contribution in [0.2, 0.25) is 0 Å². The lowest BCUT2D eigenvalue weighted by Crippen LogP contribution is -2.35. The summed E-state index contributed by atoms with van der Waals surface area (Å²) in [7, 11) is 1.49. The van der Waals surface area contributed by atoms with Crippen molar-refractivity contribution in [2.75, 3.05) is 26.8 Å². The van der Waals surface area contributed by atoms with Crippen LogP contribution in [0, 0.1) is 0 Å². The molecule has 0 spiro atoms. The number of benzene rings is 1. The number of aromatic carboxylic acids is 1. The molecule has 0 atom stereocenters. The fourth-order valence-electron chi connectivity index (χ4n) is 2.48. The molecule has 0 bridgehead atoms. The number of methoxy groups -OCH3 is 1. The Balaban J connectivity index is 2.03. The molecule has 1 aliphatic heterocycles. The highest BCUT2D eigenvalue weighted by Crippen LogP contribution is 2.25. The number of hydrogen-bond donors (Lipinski definition) is 1. The van der Waals surface area contributed by atoms with E-state index < -0.39 is 5.97 Å². The first-order chi connectivity index (χ1) is 10.6. The highest BCUT2D eigenvalue weighted by atomic mass is 16.5. The van der Waals surface area contributed by atoms with Gasteiger partial charge in [0, 0.05) is 19.2 Å². The fraction of sp³-hybridized carbons (Fsp3) is 0.500. The maximum atomic E-state index is 12.2. The molecule has 0 unspecified atom stereocenters. The average Bonchev–Trinajstić information content (AvgIpc) is 2.81. The van der Waals surface area contributed by atoms with E-state index in [4.69, 9.17) is 14.6 Å². The van der Waals surface area contributed by atoms with Crippen LogP contribution in [-0.4, -0.2) is 48.7 Å². The van der Waals surface area contributed by atoms with Crippen molar-refractivity contribution >= 4 is 11.9 Å². The molecule has 0 saturated carbocycles. The summed E-state index contributed by atoms with van der Waals surface area (Å²) in [5, 5.41) is 9.16. The molecular weight excluding hydrogens is 286 g/mol. The molecule has 0 aliphatic carbocycles. The zero-order valence-electron chi connectivity index (χ0n) is 12.7. The second-order valence-electron chi connectivity index (χ2n) is 5.25. The zero-order valence-corrected chi connectivity index (χ0v) is 12.7. The fourth-order valence-corrected chi connectivity index (χ4v) is 2.48. The van der Waals surface area contributed by atoms with Crippen molar-refractivity contribution in [2.24, 2.45) is 0 Å². The van der Waals surface area contributed by atoms with Gasteiger partial charge >= 0.3 is 5.97 Å². The van der Waals surface area contributed by atoms with E-state index in [-0.39, 0.29) is 23.8 Å². The Morgan fingerprint density at radius 2 is 1.86 bits per heavy atom. The quantitative estimate of drug-likeness (QED) is 0.902. The lowest BCUT2D eigenvalue weighted by molar-refractivity contribution is -0.133. The molecule has 1 N–H and O–H groups in total. The molecule has 0 radical (unpaired) electrons. The Bertz CT molecular complexity index is 535. The van der Waals surface area contributed by atoms with Crippen molar-refractivity contribution < 1.29 is 24.2 Å². The van der Waals surface area contributed by atoms with Crippen LogP contribution >= 0.6 is 0 Å². The van der Waals surface area contributed by atoms with E-state index in [0.29, 0.717) is 5.75 Å². The normalized spacial score (nSPS) is 15.0. The number of carboxylic acid groups (broad SMARTS) is 1. The van der Waals surface area contributed by atoms with E-state index in [1.807, 2.05) is 0 Å². The molecule has 1 aliphatic rings. The minimum atomic E-state index is -1.10. The molecule has 1 fully saturated rings. The van der Waals surface area contributed by atoms with Crippen molar-refractivity contribution in [3.8, 4) is 11.5 Å². The Kier molecular flexibility index (Phi) is 5.63. The van der Waals surface area contributed by atoms with E-state index in [1.54, 1.807) is 11.0 Å². The Labute approximate surface area is 129 Å². The van der Waals surface area contributed by atoms with Crippen LogP contribution in [0.25, 0.3) is 0 Å². The minimum absolute atomic E-state index is 0.0180. The van der Waals surface area contributed by atoms with E-state index in [2.05, 4.69) is 0 Å². The molecular formula is C16H21NO5. The first-order valence-electron chi connectivity index (χ1n) is 7.43. The van der Waals surface area contributed by atoms with Crippen LogP contribution in [0.15, 0.2) is 18.2 Å². The lowest BCUT2D eigenvalue weighted by Gasteiger charge is -2.20. The molecule has 6 heteroatoms. The summed E-state index contributed by atoms with van der Waals surface area (Å²) in [5.74, 6) is -0.571. The first-order valence-corrected chi connectivity index (χ1v) is 7.43. The SMILES string of the molecule is COc1ccc(C(=O)O)c(OCC(=O)N2CCCCCC2)c1. The highest BCUT2D eigenvalue weighted by Gasteiger charge is 2.18. The number of hydrogen-bond acceptors (Lipinski definition) is 4. The van der Waals surface area contributed by atoms with Crippen LogP contribution in [-0.2, 0) is 4.79 Å². The monoisotopic (exact) mass is 307 g/mol. The van der Waals surface area contributed by atoms with Gasteiger partial charge in [0.1, 0.15) is 17.1 Å². The van der Waals surface area contributed by atoms with E-state index in [0.717, 1.165) is 38.8 Å². The van der Waals surface area contributed by atoms with E-state index >= 15 is 0 Å². The van der Waals surface area contributed by atoms with Crippen molar-refractivity contribution in [3.05, 3.63) is 23.8 Å². The van der Waals surface area contributed by atoms with Gasteiger partial charge in [-0.25, -0.2) is 4.79 Å². The second-order valence-corrected chi connectivity index (χ2v) is 5.25. The number of nitrogens with zero attached hydrogens (tertiary/aromatic N) is 1. The summed E-state index contributed by atoms with van der Waals surface area (Å²) >= 11 is 0. The average molecular weight is 307 g/mol. The summed E-state index contributed by atoms with van der Waals surface area (Å²) in [6, 6.07) is 4.44. The minimum Gasteiger partial charge on any atom is -0.497 e. The number of ether oxygens (including phenoxy) is 2. The maximum Gasteiger partial charge on any atom is 0.339 e. The van der Waals surface area contributed by atoms with Crippen molar-refractivity contribution in [2.45, 2.75) is 25.7 Å². The number of carbonyl (C=O) groups is 2. The Hall–Kier alpha value is -2.24. The van der Waals surface area contributed by atoms with Crippen LogP contribution in [0.5, 0.6) is 11.5 Å². The Morgan fingerprint density at radius 1 is 1.18 bits per heavy atom. The molecule has 1 aromatic carbocycles. The smallest absolute Gasteiger partial charge is 0.339 e. The van der Waals surface area contributed by atoms with Crippen molar-refractivity contribution in [1.29, 1.82) is 0 Å². The predicted octanol–water partition coefficient (Wildman–Crippen LogP) is 2.17. The van der Waals surface area contributed by atoms with Gasteiger partial charge < -0.3 is 19.5 Å². The van der Waals surface area contributed by atoms with Crippen molar-refractivity contribution in [1.82, 2.24) is 4.90 Å². The third kappa shape index (κ3) is 4.13. The summed E-state index contributed by atoms with van der Waals surface area (Å²) in [6.07, 6.45) is 4.30. The van der Waals surface area contributed by atoms with Gasteiger partial charge in [-0.15, -0.1) is 0 Å². The zero-order chi connectivity index (χ0) is 15.9. The molecule has 120 valence electrons. The number of carbonyl (C=O) groups excluding carboxylic acids is 1. The van der Waals surface area contributed by atoms with Gasteiger partial charge in [0.2, 0.25) is 0 Å². The van der Waals surface area contributed by atoms with Crippen LogP contribution in [0.3, 0.4) is 0 Å². The second kappa shape index (κ2) is 7.68. The van der Waals surface area contributed by atoms with Gasteiger partial charge in [-0.3, -0.25) is 4.79 Å². The van der Waals surface area contributed by atoms with Gasteiger partial charge in [0.05, 0.1) is 7.11 Å². The molecule has 1 aromatic rings. The molecule has 1 heterocycles. The number of likely N-dealkylation sites (tertiary alicyclic amines) is 1. The van der Waals surface area contributed by atoms with Gasteiger partial charge in [0.25, 0.3) is 5.91 Å². The van der Waals surface area contributed by atoms with Gasteiger partial charge in [-0.1, -0.05) is 12.8 Å². The topological polar surface area (TPSA) is 76.1 Å². The van der Waals surface area contributed by atoms with Gasteiger partial charge in [-0.05, 0) is 25.0 Å². The van der Waals surface area contributed by atoms with Gasteiger partial charge in [-0.2, -0.15) is 0 Å².